The number of benzene rings is 3. The van der Waals surface area contributed by atoms with Gasteiger partial charge < -0.3 is 9.64 Å². The highest BCUT2D eigenvalue weighted by Crippen LogP contribution is 2.26. The monoisotopic (exact) mass is 441 g/mol. The van der Waals surface area contributed by atoms with Gasteiger partial charge in [-0.25, -0.2) is 12.8 Å². The summed E-state index contributed by atoms with van der Waals surface area (Å²) in [4.78, 5) is 15.0. The van der Waals surface area contributed by atoms with Gasteiger partial charge in [0.1, 0.15) is 11.6 Å². The van der Waals surface area contributed by atoms with E-state index in [4.69, 9.17) is 4.74 Å². The normalized spacial score (nSPS) is 18.6. The van der Waals surface area contributed by atoms with E-state index < -0.39 is 22.0 Å². The van der Waals surface area contributed by atoms with Crippen molar-refractivity contribution in [3.8, 4) is 5.75 Å². The van der Waals surface area contributed by atoms with Crippen LogP contribution in [-0.4, -0.2) is 42.9 Å². The highest BCUT2D eigenvalue weighted by Gasteiger charge is 2.36. The van der Waals surface area contributed by atoms with Crippen molar-refractivity contribution in [1.29, 1.82) is 0 Å². The smallest absolute Gasteiger partial charge is 0.263 e. The molecule has 1 heterocycles. The lowest BCUT2D eigenvalue weighted by atomic mass is 10.0. The fourth-order valence-corrected chi connectivity index (χ4v) is 5.75. The minimum absolute atomic E-state index is 0.0488. The van der Waals surface area contributed by atoms with Crippen molar-refractivity contribution in [3.05, 3.63) is 78.1 Å². The largest absolute Gasteiger partial charge is 0.481 e. The summed E-state index contributed by atoms with van der Waals surface area (Å²) < 4.78 is 43.2. The first-order valence-corrected chi connectivity index (χ1v) is 12.0. The van der Waals surface area contributed by atoms with Gasteiger partial charge in [0.2, 0.25) is 0 Å². The third-order valence-corrected chi connectivity index (χ3v) is 7.38. The summed E-state index contributed by atoms with van der Waals surface area (Å²) >= 11 is 0. The number of hydrogen-bond acceptors (Lipinski definition) is 4. The predicted octanol–water partition coefficient (Wildman–Crippen LogP) is 3.96. The molecule has 1 aliphatic rings. The molecule has 0 N–H and O–H groups in total. The molecule has 1 fully saturated rings. The van der Waals surface area contributed by atoms with Crippen LogP contribution in [0.5, 0.6) is 5.75 Å². The van der Waals surface area contributed by atoms with Crippen LogP contribution >= 0.6 is 0 Å². The average molecular weight is 442 g/mol. The van der Waals surface area contributed by atoms with E-state index in [9.17, 15) is 17.6 Å². The minimum atomic E-state index is -3.17. The summed E-state index contributed by atoms with van der Waals surface area (Å²) in [5.41, 5.74) is 0.949. The number of hydrogen-bond donors (Lipinski definition) is 0. The Balaban J connectivity index is 1.62. The van der Waals surface area contributed by atoms with Crippen LogP contribution < -0.4 is 4.74 Å². The molecule has 0 radical (unpaired) electrons. The highest BCUT2D eigenvalue weighted by atomic mass is 32.2. The number of nitrogens with zero attached hydrogens (tertiary/aromatic N) is 1. The molecule has 0 aromatic heterocycles. The van der Waals surface area contributed by atoms with E-state index in [2.05, 4.69) is 0 Å². The van der Waals surface area contributed by atoms with E-state index in [1.54, 1.807) is 11.8 Å². The first-order chi connectivity index (χ1) is 14.8. The quantitative estimate of drug-likeness (QED) is 0.581. The Morgan fingerprint density at radius 3 is 2.52 bits per heavy atom. The van der Waals surface area contributed by atoms with Crippen LogP contribution in [0.15, 0.2) is 66.7 Å². The summed E-state index contributed by atoms with van der Waals surface area (Å²) in [6.07, 6.45) is -0.439. The van der Waals surface area contributed by atoms with Crippen LogP contribution in [0.1, 0.15) is 18.9 Å². The second-order valence-electron chi connectivity index (χ2n) is 7.88. The summed E-state index contributed by atoms with van der Waals surface area (Å²) in [7, 11) is -3.17. The van der Waals surface area contributed by atoms with Crippen molar-refractivity contribution in [2.45, 2.75) is 32.0 Å². The van der Waals surface area contributed by atoms with E-state index in [0.29, 0.717) is 12.2 Å². The zero-order valence-corrected chi connectivity index (χ0v) is 18.0. The number of fused-ring (bicyclic) bond motifs is 1. The van der Waals surface area contributed by atoms with E-state index in [0.717, 1.165) is 16.3 Å². The van der Waals surface area contributed by atoms with Gasteiger partial charge >= 0.3 is 0 Å². The number of amides is 1. The number of ether oxygens (including phenoxy) is 1. The maximum atomic E-state index is 13.4. The van der Waals surface area contributed by atoms with Gasteiger partial charge in [-0.2, -0.15) is 0 Å². The van der Waals surface area contributed by atoms with Gasteiger partial charge in [-0.1, -0.05) is 42.5 Å². The maximum absolute atomic E-state index is 13.4. The SMILES string of the molecule is C[C@H](Oc1ccc(F)cc1)C(=O)N(Cc1cccc2ccccc12)[C@H]1CCS(=O)(=O)C1. The fraction of sp³-hybridized carbons (Fsp3) is 0.292. The molecule has 0 bridgehead atoms. The molecular weight excluding hydrogens is 417 g/mol. The Bertz CT molecular complexity index is 1190. The Morgan fingerprint density at radius 1 is 1.10 bits per heavy atom. The number of rotatable bonds is 6. The van der Waals surface area contributed by atoms with Crippen LogP contribution in [0, 0.1) is 5.82 Å². The van der Waals surface area contributed by atoms with E-state index in [-0.39, 0.29) is 29.8 Å². The van der Waals surface area contributed by atoms with Gasteiger partial charge in [0, 0.05) is 12.6 Å². The standard InChI is InChI=1S/C24H24FNO4S/c1-17(30-22-11-9-20(25)10-12-22)24(27)26(21-13-14-31(28,29)16-21)15-19-7-4-6-18-5-2-3-8-23(18)19/h2-12,17,21H,13-16H2,1H3/t17-,21-/m0/s1. The molecule has 4 rings (SSSR count). The van der Waals surface area contributed by atoms with Crippen molar-refractivity contribution in [1.82, 2.24) is 4.90 Å². The fourth-order valence-electron chi connectivity index (χ4n) is 4.02. The van der Waals surface area contributed by atoms with Gasteiger partial charge in [-0.05, 0) is 53.9 Å². The molecule has 162 valence electrons. The van der Waals surface area contributed by atoms with Crippen LogP contribution in [0.25, 0.3) is 10.8 Å². The topological polar surface area (TPSA) is 63.7 Å². The van der Waals surface area contributed by atoms with Gasteiger partial charge in [0.05, 0.1) is 11.5 Å². The van der Waals surface area contributed by atoms with Gasteiger partial charge in [-0.15, -0.1) is 0 Å². The van der Waals surface area contributed by atoms with Gasteiger partial charge in [-0.3, -0.25) is 4.79 Å². The van der Waals surface area contributed by atoms with Crippen molar-refractivity contribution in [3.63, 3.8) is 0 Å². The highest BCUT2D eigenvalue weighted by molar-refractivity contribution is 7.91. The van der Waals surface area contributed by atoms with Gasteiger partial charge in [0.15, 0.2) is 15.9 Å². The van der Waals surface area contributed by atoms with Crippen molar-refractivity contribution in [2.75, 3.05) is 11.5 Å². The molecule has 3 aromatic rings. The first-order valence-electron chi connectivity index (χ1n) is 10.2. The molecule has 5 nitrogen and oxygen atoms in total. The van der Waals surface area contributed by atoms with Crippen LogP contribution in [0.3, 0.4) is 0 Å². The Kier molecular flexibility index (Phi) is 5.96. The molecule has 1 aliphatic heterocycles. The Morgan fingerprint density at radius 2 is 1.81 bits per heavy atom. The zero-order chi connectivity index (χ0) is 22.0. The predicted molar refractivity (Wildman–Crippen MR) is 118 cm³/mol. The molecule has 0 spiro atoms. The lowest BCUT2D eigenvalue weighted by Crippen LogP contribution is -2.46. The summed E-state index contributed by atoms with van der Waals surface area (Å²) in [6, 6.07) is 18.9. The lowest BCUT2D eigenvalue weighted by molar-refractivity contribution is -0.140. The molecule has 1 saturated heterocycles. The molecule has 31 heavy (non-hydrogen) atoms. The maximum Gasteiger partial charge on any atom is 0.263 e. The van der Waals surface area contributed by atoms with Crippen LogP contribution in [0.2, 0.25) is 0 Å². The lowest BCUT2D eigenvalue weighted by Gasteiger charge is -2.31. The molecule has 0 saturated carbocycles. The minimum Gasteiger partial charge on any atom is -0.481 e. The van der Waals surface area contributed by atoms with Crippen molar-refractivity contribution >= 4 is 26.5 Å². The van der Waals surface area contributed by atoms with E-state index >= 15 is 0 Å². The molecule has 0 unspecified atom stereocenters. The molecular formula is C24H24FNO4S. The second-order valence-corrected chi connectivity index (χ2v) is 10.1. The average Bonchev–Trinajstić information content (AvgIpc) is 3.12. The van der Waals surface area contributed by atoms with Crippen molar-refractivity contribution < 1.29 is 22.3 Å². The van der Waals surface area contributed by atoms with Crippen LogP contribution in [0.4, 0.5) is 4.39 Å². The molecule has 2 atom stereocenters. The van der Waals surface area contributed by atoms with E-state index in [1.165, 1.54) is 24.3 Å². The molecule has 7 heteroatoms. The second kappa shape index (κ2) is 8.67. The molecule has 0 aliphatic carbocycles. The summed E-state index contributed by atoms with van der Waals surface area (Å²) in [5.74, 6) is -0.275. The molecule has 3 aromatic carbocycles. The third-order valence-electron chi connectivity index (χ3n) is 5.63. The number of halogens is 1. The summed E-state index contributed by atoms with van der Waals surface area (Å²) in [6.45, 7) is 1.92. The molecule has 1 amide bonds. The number of carbonyl (C=O) groups is 1. The Hall–Kier alpha value is -2.93. The van der Waals surface area contributed by atoms with Crippen molar-refractivity contribution in [2.24, 2.45) is 0 Å². The summed E-state index contributed by atoms with van der Waals surface area (Å²) in [5, 5.41) is 2.08. The third kappa shape index (κ3) is 4.88. The van der Waals surface area contributed by atoms with Gasteiger partial charge in [0.25, 0.3) is 5.91 Å². The first kappa shape index (κ1) is 21.3. The zero-order valence-electron chi connectivity index (χ0n) is 17.2. The van der Waals surface area contributed by atoms with Crippen LogP contribution in [-0.2, 0) is 21.2 Å². The number of carbonyl (C=O) groups excluding carboxylic acids is 1. The Labute approximate surface area is 181 Å². The number of sulfone groups is 1. The van der Waals surface area contributed by atoms with E-state index in [1.807, 2.05) is 42.5 Å².